The van der Waals surface area contributed by atoms with Crippen molar-refractivity contribution in [2.24, 2.45) is 0 Å². The molecule has 0 saturated heterocycles. The molecule has 0 heterocycles. The second-order valence-electron chi connectivity index (χ2n) is 5.27. The molecule has 0 aliphatic rings. The SMILES string of the molecule is CC(C)OB(OC(C)C)c1cccc2ccccc12. The molecule has 0 radical (unpaired) electrons. The van der Waals surface area contributed by atoms with Crippen LogP contribution in [0.3, 0.4) is 0 Å². The molecule has 0 amide bonds. The van der Waals surface area contributed by atoms with Crippen molar-refractivity contribution in [3.05, 3.63) is 42.5 Å². The lowest BCUT2D eigenvalue weighted by Crippen LogP contribution is -2.41. The summed E-state index contributed by atoms with van der Waals surface area (Å²) in [6.45, 7) is 8.12. The molecule has 2 aromatic carbocycles. The predicted molar refractivity (Wildman–Crippen MR) is 81.8 cm³/mol. The van der Waals surface area contributed by atoms with Crippen molar-refractivity contribution in [2.75, 3.05) is 0 Å². The van der Waals surface area contributed by atoms with Gasteiger partial charge in [-0.15, -0.1) is 0 Å². The van der Waals surface area contributed by atoms with Gasteiger partial charge in [0.2, 0.25) is 0 Å². The zero-order valence-electron chi connectivity index (χ0n) is 12.1. The molecule has 0 aliphatic carbocycles. The van der Waals surface area contributed by atoms with Crippen molar-refractivity contribution in [1.82, 2.24) is 0 Å². The van der Waals surface area contributed by atoms with Gasteiger partial charge in [-0.05, 0) is 43.9 Å². The van der Waals surface area contributed by atoms with Crippen molar-refractivity contribution < 1.29 is 9.31 Å². The van der Waals surface area contributed by atoms with Gasteiger partial charge in [-0.25, -0.2) is 0 Å². The van der Waals surface area contributed by atoms with E-state index in [1.807, 2.05) is 39.8 Å². The monoisotopic (exact) mass is 256 g/mol. The van der Waals surface area contributed by atoms with Crippen molar-refractivity contribution in [2.45, 2.75) is 39.9 Å². The first-order valence-corrected chi connectivity index (χ1v) is 6.86. The smallest absolute Gasteiger partial charge is 0.405 e. The summed E-state index contributed by atoms with van der Waals surface area (Å²) in [5.74, 6) is 0. The maximum absolute atomic E-state index is 5.93. The Hall–Kier alpha value is -1.32. The Morgan fingerprint density at radius 2 is 1.37 bits per heavy atom. The molecule has 19 heavy (non-hydrogen) atoms. The number of hydrogen-bond acceptors (Lipinski definition) is 2. The van der Waals surface area contributed by atoms with E-state index in [0.717, 1.165) is 5.46 Å². The first-order chi connectivity index (χ1) is 9.08. The summed E-state index contributed by atoms with van der Waals surface area (Å²) in [6, 6.07) is 14.6. The van der Waals surface area contributed by atoms with Crippen LogP contribution >= 0.6 is 0 Å². The van der Waals surface area contributed by atoms with Gasteiger partial charge in [-0.3, -0.25) is 0 Å². The van der Waals surface area contributed by atoms with Crippen molar-refractivity contribution in [3.8, 4) is 0 Å². The average molecular weight is 256 g/mol. The van der Waals surface area contributed by atoms with E-state index in [-0.39, 0.29) is 19.3 Å². The summed E-state index contributed by atoms with van der Waals surface area (Å²) in [6.07, 6.45) is 0.255. The maximum Gasteiger partial charge on any atom is 0.494 e. The van der Waals surface area contributed by atoms with Crippen LogP contribution in [0.15, 0.2) is 42.5 Å². The summed E-state index contributed by atoms with van der Waals surface area (Å²) in [5, 5.41) is 2.40. The van der Waals surface area contributed by atoms with E-state index < -0.39 is 0 Å². The Balaban J connectivity index is 2.42. The predicted octanol–water partition coefficient (Wildman–Crippen LogP) is 3.39. The molecule has 2 aromatic rings. The number of rotatable bonds is 5. The Bertz CT molecular complexity index is 522. The second kappa shape index (κ2) is 6.22. The molecule has 0 unspecified atom stereocenters. The Morgan fingerprint density at radius 3 is 2.00 bits per heavy atom. The van der Waals surface area contributed by atoms with E-state index in [9.17, 15) is 0 Å². The van der Waals surface area contributed by atoms with Crippen LogP contribution in [0.5, 0.6) is 0 Å². The van der Waals surface area contributed by atoms with Crippen molar-refractivity contribution in [3.63, 3.8) is 0 Å². The van der Waals surface area contributed by atoms with Gasteiger partial charge < -0.3 is 9.31 Å². The lowest BCUT2D eigenvalue weighted by molar-refractivity contribution is 0.139. The molecule has 0 N–H and O–H groups in total. The van der Waals surface area contributed by atoms with Crippen LogP contribution in [0.1, 0.15) is 27.7 Å². The highest BCUT2D eigenvalue weighted by Gasteiger charge is 2.25. The summed E-state index contributed by atoms with van der Waals surface area (Å²) in [5.41, 5.74) is 1.10. The van der Waals surface area contributed by atoms with E-state index in [0.29, 0.717) is 0 Å². The fourth-order valence-corrected chi connectivity index (χ4v) is 2.13. The molecule has 2 rings (SSSR count). The fraction of sp³-hybridized carbons (Fsp3) is 0.375. The number of hydrogen-bond donors (Lipinski definition) is 0. The summed E-state index contributed by atoms with van der Waals surface area (Å²) in [7, 11) is -0.314. The molecule has 2 nitrogen and oxygen atoms in total. The maximum atomic E-state index is 5.93. The van der Waals surface area contributed by atoms with Crippen molar-refractivity contribution in [1.29, 1.82) is 0 Å². The molecule has 0 atom stereocenters. The van der Waals surface area contributed by atoms with Gasteiger partial charge in [-0.1, -0.05) is 42.5 Å². The van der Waals surface area contributed by atoms with E-state index >= 15 is 0 Å². The van der Waals surface area contributed by atoms with Crippen LogP contribution in [0, 0.1) is 0 Å². The van der Waals surface area contributed by atoms with Gasteiger partial charge in [0.1, 0.15) is 0 Å². The van der Waals surface area contributed by atoms with Gasteiger partial charge in [0, 0.05) is 12.2 Å². The van der Waals surface area contributed by atoms with Gasteiger partial charge in [0.25, 0.3) is 0 Å². The molecule has 0 aliphatic heterocycles. The lowest BCUT2D eigenvalue weighted by Gasteiger charge is -2.21. The van der Waals surface area contributed by atoms with Gasteiger partial charge >= 0.3 is 7.12 Å². The van der Waals surface area contributed by atoms with E-state index in [1.54, 1.807) is 0 Å². The molecule has 100 valence electrons. The molecular weight excluding hydrogens is 235 g/mol. The van der Waals surface area contributed by atoms with Crippen LogP contribution in [-0.4, -0.2) is 19.3 Å². The highest BCUT2D eigenvalue weighted by Crippen LogP contribution is 2.13. The minimum atomic E-state index is -0.314. The minimum absolute atomic E-state index is 0.128. The van der Waals surface area contributed by atoms with Gasteiger partial charge in [0.15, 0.2) is 0 Å². The molecule has 0 spiro atoms. The number of benzene rings is 2. The molecule has 0 fully saturated rings. The standard InChI is InChI=1S/C16H21BO2/c1-12(2)18-17(19-13(3)4)16-11-7-9-14-8-5-6-10-15(14)16/h5-13H,1-4H3. The highest BCUT2D eigenvalue weighted by atomic mass is 16.6. The topological polar surface area (TPSA) is 18.5 Å². The van der Waals surface area contributed by atoms with Crippen LogP contribution in [0.4, 0.5) is 0 Å². The first kappa shape index (κ1) is 14.1. The first-order valence-electron chi connectivity index (χ1n) is 6.86. The van der Waals surface area contributed by atoms with E-state index in [4.69, 9.17) is 9.31 Å². The quantitative estimate of drug-likeness (QED) is 0.763. The fourth-order valence-electron chi connectivity index (χ4n) is 2.13. The minimum Gasteiger partial charge on any atom is -0.405 e. The summed E-state index contributed by atoms with van der Waals surface area (Å²) in [4.78, 5) is 0. The summed E-state index contributed by atoms with van der Waals surface area (Å²) >= 11 is 0. The van der Waals surface area contributed by atoms with Crippen molar-refractivity contribution >= 4 is 23.4 Å². The summed E-state index contributed by atoms with van der Waals surface area (Å²) < 4.78 is 11.9. The Morgan fingerprint density at radius 1 is 0.789 bits per heavy atom. The zero-order valence-corrected chi connectivity index (χ0v) is 12.1. The molecule has 0 saturated carbocycles. The van der Waals surface area contributed by atoms with E-state index in [2.05, 4.69) is 30.3 Å². The Kier molecular flexibility index (Phi) is 4.62. The Labute approximate surface area is 115 Å². The third-order valence-corrected chi connectivity index (χ3v) is 2.87. The van der Waals surface area contributed by atoms with E-state index in [1.165, 1.54) is 10.8 Å². The molecular formula is C16H21BO2. The van der Waals surface area contributed by atoms with Gasteiger partial charge in [0.05, 0.1) is 0 Å². The molecule has 3 heteroatoms. The van der Waals surface area contributed by atoms with Crippen LogP contribution < -0.4 is 5.46 Å². The zero-order chi connectivity index (χ0) is 13.8. The van der Waals surface area contributed by atoms with Gasteiger partial charge in [-0.2, -0.15) is 0 Å². The highest BCUT2D eigenvalue weighted by molar-refractivity contribution is 6.64. The van der Waals surface area contributed by atoms with Crippen LogP contribution in [-0.2, 0) is 9.31 Å². The normalized spacial score (nSPS) is 11.5. The number of fused-ring (bicyclic) bond motifs is 1. The average Bonchev–Trinajstić information content (AvgIpc) is 2.36. The third-order valence-electron chi connectivity index (χ3n) is 2.87. The second-order valence-corrected chi connectivity index (χ2v) is 5.27. The lowest BCUT2D eigenvalue weighted by atomic mass is 9.75. The largest absolute Gasteiger partial charge is 0.494 e. The third kappa shape index (κ3) is 3.58. The van der Waals surface area contributed by atoms with Crippen LogP contribution in [0.2, 0.25) is 0 Å². The molecule has 0 aromatic heterocycles. The molecule has 0 bridgehead atoms. The van der Waals surface area contributed by atoms with Crippen LogP contribution in [0.25, 0.3) is 10.8 Å².